The SMILES string of the molecule is CNC(c1cccc(N)c1)c1cccc2ccccc12. The number of nitrogen functional groups attached to an aromatic ring is 1. The summed E-state index contributed by atoms with van der Waals surface area (Å²) in [5, 5.41) is 5.93. The highest BCUT2D eigenvalue weighted by Crippen LogP contribution is 2.29. The van der Waals surface area contributed by atoms with Crippen LogP contribution in [0.2, 0.25) is 0 Å². The molecule has 0 fully saturated rings. The van der Waals surface area contributed by atoms with Gasteiger partial charge in [0.1, 0.15) is 0 Å². The van der Waals surface area contributed by atoms with Gasteiger partial charge in [0.25, 0.3) is 0 Å². The third-order valence-corrected chi connectivity index (χ3v) is 3.67. The molecule has 0 spiro atoms. The smallest absolute Gasteiger partial charge is 0.0581 e. The van der Waals surface area contributed by atoms with E-state index in [1.54, 1.807) is 0 Å². The van der Waals surface area contributed by atoms with E-state index in [0.717, 1.165) is 5.69 Å². The first-order chi connectivity index (χ1) is 9.79. The molecule has 2 heteroatoms. The molecule has 0 bridgehead atoms. The largest absolute Gasteiger partial charge is 0.399 e. The van der Waals surface area contributed by atoms with Crippen LogP contribution in [0.3, 0.4) is 0 Å². The van der Waals surface area contributed by atoms with Crippen LogP contribution in [0.5, 0.6) is 0 Å². The highest BCUT2D eigenvalue weighted by molar-refractivity contribution is 5.86. The third-order valence-electron chi connectivity index (χ3n) is 3.67. The molecule has 0 aromatic heterocycles. The fourth-order valence-electron chi connectivity index (χ4n) is 2.74. The quantitative estimate of drug-likeness (QED) is 0.706. The van der Waals surface area contributed by atoms with Crippen molar-refractivity contribution in [2.75, 3.05) is 12.8 Å². The second kappa shape index (κ2) is 5.35. The van der Waals surface area contributed by atoms with Crippen LogP contribution in [0.4, 0.5) is 5.69 Å². The summed E-state index contributed by atoms with van der Waals surface area (Å²) in [6.07, 6.45) is 0. The topological polar surface area (TPSA) is 38.0 Å². The van der Waals surface area contributed by atoms with E-state index < -0.39 is 0 Å². The number of benzene rings is 3. The summed E-state index contributed by atoms with van der Waals surface area (Å²) in [5.74, 6) is 0. The summed E-state index contributed by atoms with van der Waals surface area (Å²) in [7, 11) is 1.98. The first-order valence-corrected chi connectivity index (χ1v) is 6.80. The van der Waals surface area contributed by atoms with Crippen LogP contribution in [0, 0.1) is 0 Å². The monoisotopic (exact) mass is 262 g/mol. The molecule has 0 saturated carbocycles. The molecule has 0 aliphatic rings. The molecule has 20 heavy (non-hydrogen) atoms. The highest BCUT2D eigenvalue weighted by atomic mass is 14.9. The van der Waals surface area contributed by atoms with Gasteiger partial charge in [-0.3, -0.25) is 0 Å². The maximum absolute atomic E-state index is 5.91. The predicted molar refractivity (Wildman–Crippen MR) is 85.7 cm³/mol. The van der Waals surface area contributed by atoms with Gasteiger partial charge in [-0.15, -0.1) is 0 Å². The summed E-state index contributed by atoms with van der Waals surface area (Å²) < 4.78 is 0. The van der Waals surface area contributed by atoms with Gasteiger partial charge in [-0.2, -0.15) is 0 Å². The Bertz CT molecular complexity index is 729. The molecular formula is C18H18N2. The van der Waals surface area contributed by atoms with E-state index in [1.807, 2.05) is 25.2 Å². The van der Waals surface area contributed by atoms with E-state index in [-0.39, 0.29) is 6.04 Å². The molecular weight excluding hydrogens is 244 g/mol. The highest BCUT2D eigenvalue weighted by Gasteiger charge is 2.14. The van der Waals surface area contributed by atoms with Crippen molar-refractivity contribution in [2.45, 2.75) is 6.04 Å². The van der Waals surface area contributed by atoms with E-state index >= 15 is 0 Å². The molecule has 3 aromatic rings. The van der Waals surface area contributed by atoms with Crippen LogP contribution < -0.4 is 11.1 Å². The molecule has 2 nitrogen and oxygen atoms in total. The van der Waals surface area contributed by atoms with Crippen LogP contribution in [-0.4, -0.2) is 7.05 Å². The van der Waals surface area contributed by atoms with Crippen LogP contribution in [-0.2, 0) is 0 Å². The van der Waals surface area contributed by atoms with Crippen molar-refractivity contribution in [1.82, 2.24) is 5.32 Å². The van der Waals surface area contributed by atoms with E-state index in [0.29, 0.717) is 0 Å². The molecule has 1 unspecified atom stereocenters. The molecule has 3 rings (SSSR count). The molecule has 100 valence electrons. The summed E-state index contributed by atoms with van der Waals surface area (Å²) in [6, 6.07) is 23.1. The van der Waals surface area contributed by atoms with Crippen molar-refractivity contribution >= 4 is 16.5 Å². The zero-order valence-corrected chi connectivity index (χ0v) is 11.5. The Kier molecular flexibility index (Phi) is 3.40. The van der Waals surface area contributed by atoms with Gasteiger partial charge in [-0.05, 0) is 41.1 Å². The predicted octanol–water partition coefficient (Wildman–Crippen LogP) is 3.73. The maximum Gasteiger partial charge on any atom is 0.0581 e. The Hall–Kier alpha value is -2.32. The van der Waals surface area contributed by atoms with E-state index in [9.17, 15) is 0 Å². The lowest BCUT2D eigenvalue weighted by Crippen LogP contribution is -2.18. The Morgan fingerprint density at radius 2 is 1.65 bits per heavy atom. The first kappa shape index (κ1) is 12.7. The van der Waals surface area contributed by atoms with Crippen LogP contribution in [0.25, 0.3) is 10.8 Å². The van der Waals surface area contributed by atoms with Crippen molar-refractivity contribution in [3.05, 3.63) is 77.9 Å². The Labute approximate surface area is 119 Å². The first-order valence-electron chi connectivity index (χ1n) is 6.80. The van der Waals surface area contributed by atoms with Crippen molar-refractivity contribution < 1.29 is 0 Å². The van der Waals surface area contributed by atoms with Gasteiger partial charge in [-0.1, -0.05) is 54.6 Å². The van der Waals surface area contributed by atoms with Gasteiger partial charge in [0.15, 0.2) is 0 Å². The van der Waals surface area contributed by atoms with Crippen molar-refractivity contribution in [3.8, 4) is 0 Å². The fourth-order valence-corrected chi connectivity index (χ4v) is 2.74. The van der Waals surface area contributed by atoms with Crippen LogP contribution >= 0.6 is 0 Å². The molecule has 0 aliphatic carbocycles. The zero-order valence-electron chi connectivity index (χ0n) is 11.5. The molecule has 0 amide bonds. The van der Waals surface area contributed by atoms with Gasteiger partial charge < -0.3 is 11.1 Å². The Morgan fingerprint density at radius 3 is 2.45 bits per heavy atom. The summed E-state index contributed by atoms with van der Waals surface area (Å²) >= 11 is 0. The number of nitrogens with one attached hydrogen (secondary N) is 1. The molecule has 0 aliphatic heterocycles. The summed E-state index contributed by atoms with van der Waals surface area (Å²) in [5.41, 5.74) is 9.17. The Balaban J connectivity index is 2.17. The summed E-state index contributed by atoms with van der Waals surface area (Å²) in [4.78, 5) is 0. The number of nitrogens with two attached hydrogens (primary N) is 1. The third kappa shape index (κ3) is 2.26. The lowest BCUT2D eigenvalue weighted by atomic mass is 9.93. The van der Waals surface area contributed by atoms with Crippen molar-refractivity contribution in [3.63, 3.8) is 0 Å². The van der Waals surface area contributed by atoms with Crippen molar-refractivity contribution in [1.29, 1.82) is 0 Å². The minimum atomic E-state index is 0.143. The second-order valence-electron chi connectivity index (χ2n) is 4.96. The average molecular weight is 262 g/mol. The normalized spacial score (nSPS) is 12.4. The van der Waals surface area contributed by atoms with E-state index in [2.05, 4.69) is 53.8 Å². The second-order valence-corrected chi connectivity index (χ2v) is 4.96. The average Bonchev–Trinajstić information content (AvgIpc) is 2.48. The van der Waals surface area contributed by atoms with Gasteiger partial charge in [0, 0.05) is 5.69 Å². The number of rotatable bonds is 3. The number of hydrogen-bond donors (Lipinski definition) is 2. The van der Waals surface area contributed by atoms with Crippen molar-refractivity contribution in [2.24, 2.45) is 0 Å². The molecule has 3 N–H and O–H groups in total. The van der Waals surface area contributed by atoms with Gasteiger partial charge >= 0.3 is 0 Å². The van der Waals surface area contributed by atoms with Crippen LogP contribution in [0.15, 0.2) is 66.7 Å². The van der Waals surface area contributed by atoms with Gasteiger partial charge in [0.05, 0.1) is 6.04 Å². The molecule has 0 radical (unpaired) electrons. The minimum absolute atomic E-state index is 0.143. The zero-order chi connectivity index (χ0) is 13.9. The number of hydrogen-bond acceptors (Lipinski definition) is 2. The summed E-state index contributed by atoms with van der Waals surface area (Å²) in [6.45, 7) is 0. The molecule has 0 heterocycles. The molecule has 1 atom stereocenters. The van der Waals surface area contributed by atoms with Gasteiger partial charge in [0.2, 0.25) is 0 Å². The molecule has 3 aromatic carbocycles. The molecule has 0 saturated heterocycles. The lowest BCUT2D eigenvalue weighted by Gasteiger charge is -2.19. The Morgan fingerprint density at radius 1 is 0.900 bits per heavy atom. The van der Waals surface area contributed by atoms with E-state index in [1.165, 1.54) is 21.9 Å². The number of fused-ring (bicyclic) bond motifs is 1. The maximum atomic E-state index is 5.91. The lowest BCUT2D eigenvalue weighted by molar-refractivity contribution is 0.697. The standard InChI is InChI=1S/C18H18N2/c1-20-18(14-8-4-9-15(19)12-14)17-11-5-7-13-6-2-3-10-16(13)17/h2-12,18,20H,19H2,1H3. The van der Waals surface area contributed by atoms with E-state index in [4.69, 9.17) is 5.73 Å². The number of anilines is 1. The minimum Gasteiger partial charge on any atom is -0.399 e. The van der Waals surface area contributed by atoms with Crippen LogP contribution in [0.1, 0.15) is 17.2 Å². The van der Waals surface area contributed by atoms with Gasteiger partial charge in [-0.25, -0.2) is 0 Å². The fraction of sp³-hybridized carbons (Fsp3) is 0.111.